The fraction of sp³-hybridized carbons (Fsp3) is 0.333. The van der Waals surface area contributed by atoms with Crippen molar-refractivity contribution < 1.29 is 27.1 Å². The van der Waals surface area contributed by atoms with Gasteiger partial charge in [0, 0.05) is 56.4 Å². The molecular weight excluding hydrogens is 547 g/mol. The van der Waals surface area contributed by atoms with Gasteiger partial charge in [-0.3, -0.25) is 9.59 Å². The molecule has 0 aromatic heterocycles. The number of carbonyl (C=O) groups excluding carboxylic acids is 2. The number of rotatable bonds is 7. The fourth-order valence-corrected chi connectivity index (χ4v) is 6.71. The van der Waals surface area contributed by atoms with Gasteiger partial charge in [-0.15, -0.1) is 0 Å². The van der Waals surface area contributed by atoms with E-state index in [-0.39, 0.29) is 22.6 Å². The number of hydrogen-bond donors (Lipinski definition) is 1. The molecule has 1 N–H and O–H groups in total. The zero-order chi connectivity index (χ0) is 29.0. The van der Waals surface area contributed by atoms with E-state index in [0.717, 1.165) is 11.4 Å². The molecule has 3 aromatic carbocycles. The molecule has 5 rings (SSSR count). The second-order valence-corrected chi connectivity index (χ2v) is 12.1. The molecule has 2 amide bonds. The number of carbonyl (C=O) groups is 2. The number of methoxy groups -OCH3 is 1. The summed E-state index contributed by atoms with van der Waals surface area (Å²) in [6.07, 6.45) is 1.01. The lowest BCUT2D eigenvalue weighted by atomic mass is 9.95. The summed E-state index contributed by atoms with van der Waals surface area (Å²) < 4.78 is 46.7. The number of piperazine rings is 1. The first-order valence-electron chi connectivity index (χ1n) is 13.6. The van der Waals surface area contributed by atoms with Crippen LogP contribution in [-0.2, 0) is 14.8 Å². The molecule has 2 fully saturated rings. The van der Waals surface area contributed by atoms with Gasteiger partial charge in [0.2, 0.25) is 15.9 Å². The molecule has 0 bridgehead atoms. The second kappa shape index (κ2) is 12.3. The summed E-state index contributed by atoms with van der Waals surface area (Å²) >= 11 is 0. The van der Waals surface area contributed by atoms with Gasteiger partial charge < -0.3 is 19.9 Å². The number of amides is 2. The predicted octanol–water partition coefficient (Wildman–Crippen LogP) is 3.84. The normalized spacial score (nSPS) is 16.8. The topological polar surface area (TPSA) is 99.3 Å². The number of nitrogens with one attached hydrogen (secondary N) is 1. The Morgan fingerprint density at radius 3 is 2.12 bits per heavy atom. The number of ether oxygens (including phenoxy) is 1. The van der Waals surface area contributed by atoms with Gasteiger partial charge >= 0.3 is 0 Å². The van der Waals surface area contributed by atoms with Crippen molar-refractivity contribution >= 4 is 33.2 Å². The molecule has 0 spiro atoms. The maximum absolute atomic E-state index is 13.3. The fourth-order valence-electron chi connectivity index (χ4n) is 5.28. The second-order valence-electron chi connectivity index (χ2n) is 10.1. The third-order valence-electron chi connectivity index (χ3n) is 7.67. The number of likely N-dealkylation sites (tertiary alicyclic amines) is 1. The molecule has 0 saturated carbocycles. The highest BCUT2D eigenvalue weighted by molar-refractivity contribution is 7.89. The third kappa shape index (κ3) is 6.36. The summed E-state index contributed by atoms with van der Waals surface area (Å²) in [6.45, 7) is 2.64. The number of benzene rings is 3. The Bertz CT molecular complexity index is 1480. The highest BCUT2D eigenvalue weighted by atomic mass is 32.2. The summed E-state index contributed by atoms with van der Waals surface area (Å²) in [5.41, 5.74) is 1.87. The zero-order valence-corrected chi connectivity index (χ0v) is 23.6. The molecule has 11 heteroatoms. The van der Waals surface area contributed by atoms with Crippen LogP contribution < -0.4 is 15.0 Å². The van der Waals surface area contributed by atoms with Gasteiger partial charge in [0.05, 0.1) is 17.7 Å². The van der Waals surface area contributed by atoms with Gasteiger partial charge in [-0.2, -0.15) is 4.31 Å². The Hall–Kier alpha value is -3.96. The van der Waals surface area contributed by atoms with Crippen LogP contribution in [0.3, 0.4) is 0 Å². The van der Waals surface area contributed by atoms with Crippen molar-refractivity contribution in [2.24, 2.45) is 5.92 Å². The average molecular weight is 581 g/mol. The molecule has 2 saturated heterocycles. The highest BCUT2D eigenvalue weighted by Gasteiger charge is 2.30. The molecule has 0 aliphatic carbocycles. The number of halogens is 1. The van der Waals surface area contributed by atoms with Crippen LogP contribution in [0.2, 0.25) is 0 Å². The van der Waals surface area contributed by atoms with Crippen LogP contribution in [0, 0.1) is 11.7 Å². The lowest BCUT2D eigenvalue weighted by Gasteiger charge is -2.36. The number of hydrogen-bond acceptors (Lipinski definition) is 6. The van der Waals surface area contributed by atoms with Crippen LogP contribution >= 0.6 is 0 Å². The van der Waals surface area contributed by atoms with E-state index in [4.69, 9.17) is 4.74 Å². The molecule has 9 nitrogen and oxygen atoms in total. The van der Waals surface area contributed by atoms with Crippen molar-refractivity contribution in [2.45, 2.75) is 17.7 Å². The average Bonchev–Trinajstić information content (AvgIpc) is 3.01. The molecule has 0 atom stereocenters. The van der Waals surface area contributed by atoms with Gasteiger partial charge in [-0.1, -0.05) is 12.1 Å². The van der Waals surface area contributed by atoms with Crippen molar-refractivity contribution in [2.75, 3.05) is 56.6 Å². The Balaban J connectivity index is 1.13. The summed E-state index contributed by atoms with van der Waals surface area (Å²) in [5.74, 6) is -0.255. The third-order valence-corrected chi connectivity index (χ3v) is 9.58. The highest BCUT2D eigenvalue weighted by Crippen LogP contribution is 2.30. The first kappa shape index (κ1) is 28.6. The SMILES string of the molecule is COc1ccccc1N1CCN(S(=O)(=O)c2ccc(NC(=O)C3CCN(C(=O)c4ccc(F)cc4)CC3)cc2)CC1. The lowest BCUT2D eigenvalue weighted by Crippen LogP contribution is -2.48. The van der Waals surface area contributed by atoms with Gasteiger partial charge in [0.15, 0.2) is 0 Å². The van der Waals surface area contributed by atoms with E-state index >= 15 is 0 Å². The smallest absolute Gasteiger partial charge is 0.253 e. The number of nitrogens with zero attached hydrogens (tertiary/aromatic N) is 3. The molecule has 2 aliphatic heterocycles. The minimum absolute atomic E-state index is 0.165. The molecule has 0 unspecified atom stereocenters. The van der Waals surface area contributed by atoms with E-state index in [1.54, 1.807) is 24.1 Å². The van der Waals surface area contributed by atoms with E-state index in [0.29, 0.717) is 63.4 Å². The number of para-hydroxylation sites is 2. The standard InChI is InChI=1S/C30H33FN4O5S/c1-40-28-5-3-2-4-27(28)33-18-20-35(21-19-33)41(38,39)26-12-10-25(11-13-26)32-29(36)22-14-16-34(17-15-22)30(37)23-6-8-24(31)9-7-23/h2-13,22H,14-21H2,1H3,(H,32,36). The number of anilines is 2. The minimum atomic E-state index is -3.68. The predicted molar refractivity (Wildman–Crippen MR) is 154 cm³/mol. The zero-order valence-electron chi connectivity index (χ0n) is 22.8. The number of piperidine rings is 1. The van der Waals surface area contributed by atoms with E-state index in [9.17, 15) is 22.4 Å². The summed E-state index contributed by atoms with van der Waals surface area (Å²) in [6, 6.07) is 19.4. The maximum atomic E-state index is 13.3. The van der Waals surface area contributed by atoms with Gasteiger partial charge in [-0.05, 0) is 73.5 Å². The molecule has 216 valence electrons. The van der Waals surface area contributed by atoms with E-state index in [2.05, 4.69) is 10.2 Å². The Morgan fingerprint density at radius 1 is 0.854 bits per heavy atom. The van der Waals surface area contributed by atoms with E-state index in [1.165, 1.54) is 40.7 Å². The van der Waals surface area contributed by atoms with Crippen LogP contribution in [0.15, 0.2) is 77.7 Å². The molecule has 3 aromatic rings. The van der Waals surface area contributed by atoms with Crippen LogP contribution in [0.5, 0.6) is 5.75 Å². The van der Waals surface area contributed by atoms with Gasteiger partial charge in [-0.25, -0.2) is 12.8 Å². The van der Waals surface area contributed by atoms with Crippen molar-refractivity contribution in [3.05, 3.63) is 84.2 Å². The van der Waals surface area contributed by atoms with Crippen molar-refractivity contribution in [3.8, 4) is 5.75 Å². The lowest BCUT2D eigenvalue weighted by molar-refractivity contribution is -0.121. The quantitative estimate of drug-likeness (QED) is 0.456. The van der Waals surface area contributed by atoms with Crippen LogP contribution in [0.1, 0.15) is 23.2 Å². The first-order valence-corrected chi connectivity index (χ1v) is 15.0. The molecular formula is C30H33FN4O5S. The molecule has 2 aliphatic rings. The maximum Gasteiger partial charge on any atom is 0.253 e. The van der Waals surface area contributed by atoms with Crippen LogP contribution in [-0.4, -0.2) is 75.8 Å². The van der Waals surface area contributed by atoms with Crippen molar-refractivity contribution in [1.29, 1.82) is 0 Å². The summed E-state index contributed by atoms with van der Waals surface area (Å²) in [5, 5.41) is 2.88. The summed E-state index contributed by atoms with van der Waals surface area (Å²) in [4.78, 5) is 29.5. The van der Waals surface area contributed by atoms with E-state index in [1.807, 2.05) is 24.3 Å². The Labute approximate surface area is 239 Å². The minimum Gasteiger partial charge on any atom is -0.495 e. The van der Waals surface area contributed by atoms with Gasteiger partial charge in [0.1, 0.15) is 11.6 Å². The van der Waals surface area contributed by atoms with Crippen LogP contribution in [0.4, 0.5) is 15.8 Å². The van der Waals surface area contributed by atoms with Crippen LogP contribution in [0.25, 0.3) is 0 Å². The first-order chi connectivity index (χ1) is 19.8. The molecule has 41 heavy (non-hydrogen) atoms. The van der Waals surface area contributed by atoms with Gasteiger partial charge in [0.25, 0.3) is 5.91 Å². The van der Waals surface area contributed by atoms with Crippen molar-refractivity contribution in [1.82, 2.24) is 9.21 Å². The van der Waals surface area contributed by atoms with E-state index < -0.39 is 15.8 Å². The molecule has 2 heterocycles. The van der Waals surface area contributed by atoms with Crippen molar-refractivity contribution in [3.63, 3.8) is 0 Å². The number of sulfonamides is 1. The Kier molecular flexibility index (Phi) is 8.55. The molecule has 0 radical (unpaired) electrons. The monoisotopic (exact) mass is 580 g/mol. The summed E-state index contributed by atoms with van der Waals surface area (Å²) in [7, 11) is -2.06. The largest absolute Gasteiger partial charge is 0.495 e. The Morgan fingerprint density at radius 2 is 1.49 bits per heavy atom.